The summed E-state index contributed by atoms with van der Waals surface area (Å²) >= 11 is 1.37. The van der Waals surface area contributed by atoms with Crippen LogP contribution in [0.4, 0.5) is 14.3 Å². The first-order chi connectivity index (χ1) is 18.2. The van der Waals surface area contributed by atoms with Gasteiger partial charge in [-0.1, -0.05) is 17.4 Å². The molecular weight excluding hydrogens is 511 g/mol. The van der Waals surface area contributed by atoms with Crippen LogP contribution in [0.5, 0.6) is 5.75 Å². The SMILES string of the molecule is COCOc1cc(-c2cn[nH]c2)ccc1-c1nnc(N(C)[C@H]2CC3CCC([C@H]2F)N3C(=O)OC(C)(C)C)s1. The summed E-state index contributed by atoms with van der Waals surface area (Å²) in [6, 6.07) is 4.81. The number of benzene rings is 1. The summed E-state index contributed by atoms with van der Waals surface area (Å²) in [6.07, 6.45) is 3.77. The van der Waals surface area contributed by atoms with Gasteiger partial charge in [-0.3, -0.25) is 10.00 Å². The van der Waals surface area contributed by atoms with Crippen molar-refractivity contribution in [2.75, 3.05) is 25.9 Å². The van der Waals surface area contributed by atoms with E-state index in [-0.39, 0.29) is 12.8 Å². The fourth-order valence-electron chi connectivity index (χ4n) is 5.23. The number of aromatic nitrogens is 4. The Hall–Kier alpha value is -3.25. The Balaban J connectivity index is 1.35. The van der Waals surface area contributed by atoms with E-state index >= 15 is 4.39 Å². The van der Waals surface area contributed by atoms with Gasteiger partial charge >= 0.3 is 6.09 Å². The van der Waals surface area contributed by atoms with Crippen molar-refractivity contribution in [1.29, 1.82) is 0 Å². The molecule has 0 saturated carbocycles. The summed E-state index contributed by atoms with van der Waals surface area (Å²) in [5, 5.41) is 16.9. The Morgan fingerprint density at radius 3 is 2.79 bits per heavy atom. The van der Waals surface area contributed by atoms with Crippen LogP contribution >= 0.6 is 11.3 Å². The molecule has 1 aromatic carbocycles. The molecule has 3 aromatic rings. The van der Waals surface area contributed by atoms with Gasteiger partial charge < -0.3 is 19.1 Å². The number of piperidine rings is 1. The normalized spacial score (nSPS) is 22.9. The lowest BCUT2D eigenvalue weighted by atomic mass is 9.95. The van der Waals surface area contributed by atoms with Crippen molar-refractivity contribution in [3.8, 4) is 27.4 Å². The molecule has 1 amide bonds. The number of methoxy groups -OCH3 is 1. The number of nitrogens with one attached hydrogen (secondary N) is 1. The smallest absolute Gasteiger partial charge is 0.410 e. The van der Waals surface area contributed by atoms with E-state index < -0.39 is 29.9 Å². The molecule has 2 aromatic heterocycles. The third-order valence-electron chi connectivity index (χ3n) is 6.99. The number of aromatic amines is 1. The minimum atomic E-state index is -1.23. The van der Waals surface area contributed by atoms with Gasteiger partial charge in [0.15, 0.2) is 11.8 Å². The number of hydrogen-bond donors (Lipinski definition) is 1. The van der Waals surface area contributed by atoms with Crippen molar-refractivity contribution in [2.24, 2.45) is 0 Å². The zero-order valence-electron chi connectivity index (χ0n) is 22.2. The minimum Gasteiger partial charge on any atom is -0.467 e. The van der Waals surface area contributed by atoms with Crippen LogP contribution in [0.25, 0.3) is 21.7 Å². The molecule has 2 aliphatic heterocycles. The molecule has 0 aliphatic carbocycles. The molecule has 2 unspecified atom stereocenters. The van der Waals surface area contributed by atoms with E-state index in [0.29, 0.717) is 28.7 Å². The number of rotatable bonds is 7. The van der Waals surface area contributed by atoms with Crippen LogP contribution in [0, 0.1) is 0 Å². The summed E-state index contributed by atoms with van der Waals surface area (Å²) in [5.41, 5.74) is 2.01. The fraction of sp³-hybridized carbons (Fsp3) is 0.538. The summed E-state index contributed by atoms with van der Waals surface area (Å²) in [7, 11) is 3.40. The number of carbonyl (C=O) groups excluding carboxylic acids is 1. The highest BCUT2D eigenvalue weighted by molar-refractivity contribution is 7.18. The van der Waals surface area contributed by atoms with Crippen LogP contribution < -0.4 is 9.64 Å². The number of fused-ring (bicyclic) bond motifs is 2. The summed E-state index contributed by atoms with van der Waals surface area (Å²) in [4.78, 5) is 16.3. The molecule has 5 rings (SSSR count). The van der Waals surface area contributed by atoms with Gasteiger partial charge in [0.25, 0.3) is 0 Å². The molecule has 2 bridgehead atoms. The topological polar surface area (TPSA) is 106 Å². The van der Waals surface area contributed by atoms with Crippen molar-refractivity contribution >= 4 is 22.6 Å². The van der Waals surface area contributed by atoms with Gasteiger partial charge in [-0.25, -0.2) is 9.18 Å². The van der Waals surface area contributed by atoms with Crippen LogP contribution in [-0.4, -0.2) is 82.2 Å². The molecular formula is C26H33FN6O4S. The number of nitrogens with zero attached hydrogens (tertiary/aromatic N) is 5. The highest BCUT2D eigenvalue weighted by Crippen LogP contribution is 2.43. The number of ether oxygens (including phenoxy) is 3. The first-order valence-electron chi connectivity index (χ1n) is 12.6. The second-order valence-corrected chi connectivity index (χ2v) is 11.6. The molecule has 0 radical (unpaired) electrons. The second kappa shape index (κ2) is 10.5. The molecule has 12 heteroatoms. The van der Waals surface area contributed by atoms with Crippen LogP contribution in [0.15, 0.2) is 30.6 Å². The van der Waals surface area contributed by atoms with Crippen LogP contribution in [0.1, 0.15) is 40.0 Å². The van der Waals surface area contributed by atoms with Gasteiger partial charge in [-0.15, -0.1) is 10.2 Å². The monoisotopic (exact) mass is 544 g/mol. The zero-order chi connectivity index (χ0) is 27.0. The molecule has 4 heterocycles. The molecule has 4 atom stereocenters. The van der Waals surface area contributed by atoms with Crippen molar-refractivity contribution in [1.82, 2.24) is 25.3 Å². The molecule has 1 N–H and O–H groups in total. The Labute approximate surface area is 225 Å². The number of carbonyl (C=O) groups is 1. The summed E-state index contributed by atoms with van der Waals surface area (Å²) in [6.45, 7) is 5.55. The van der Waals surface area contributed by atoms with Crippen molar-refractivity contribution < 1.29 is 23.4 Å². The van der Waals surface area contributed by atoms with E-state index in [0.717, 1.165) is 23.1 Å². The van der Waals surface area contributed by atoms with Gasteiger partial charge in [0.2, 0.25) is 5.13 Å². The lowest BCUT2D eigenvalue weighted by Crippen LogP contribution is -2.59. The molecule has 2 aliphatic rings. The number of amides is 1. The maximum atomic E-state index is 15.9. The second-order valence-electron chi connectivity index (χ2n) is 10.7. The van der Waals surface area contributed by atoms with E-state index in [9.17, 15) is 4.79 Å². The summed E-state index contributed by atoms with van der Waals surface area (Å²) < 4.78 is 32.4. The zero-order valence-corrected chi connectivity index (χ0v) is 23.0. The predicted octanol–water partition coefficient (Wildman–Crippen LogP) is 4.89. The van der Waals surface area contributed by atoms with Crippen LogP contribution in [0.3, 0.4) is 0 Å². The molecule has 10 nitrogen and oxygen atoms in total. The molecule has 38 heavy (non-hydrogen) atoms. The lowest BCUT2D eigenvalue weighted by molar-refractivity contribution is -0.0103. The Kier molecular flexibility index (Phi) is 7.28. The highest BCUT2D eigenvalue weighted by Gasteiger charge is 2.52. The average Bonchev–Trinajstić information content (AvgIpc) is 3.63. The highest BCUT2D eigenvalue weighted by atomic mass is 32.1. The van der Waals surface area contributed by atoms with E-state index in [4.69, 9.17) is 14.2 Å². The van der Waals surface area contributed by atoms with Gasteiger partial charge in [0.05, 0.1) is 23.8 Å². The van der Waals surface area contributed by atoms with Gasteiger partial charge in [-0.05, 0) is 57.7 Å². The first kappa shape index (κ1) is 26.4. The van der Waals surface area contributed by atoms with Crippen molar-refractivity contribution in [3.05, 3.63) is 30.6 Å². The maximum Gasteiger partial charge on any atom is 0.410 e. The van der Waals surface area contributed by atoms with Crippen LogP contribution in [-0.2, 0) is 9.47 Å². The van der Waals surface area contributed by atoms with E-state index in [1.165, 1.54) is 11.3 Å². The standard InChI is InChI=1S/C26H33FN6O4S/c1-26(2,3)37-25(34)33-17-7-9-19(33)22(27)20(11-17)32(4)24-31-30-23(38-24)18-8-6-15(16-12-28-29-13-16)10-21(18)36-14-35-5/h6,8,10,12-13,17,19-20,22H,7,9,11,14H2,1-5H3,(H,28,29)/t17?,19?,20-,22+/m0/s1. The molecule has 0 spiro atoms. The largest absolute Gasteiger partial charge is 0.467 e. The third kappa shape index (κ3) is 5.19. The number of hydrogen-bond acceptors (Lipinski definition) is 9. The van der Waals surface area contributed by atoms with Gasteiger partial charge in [-0.2, -0.15) is 5.10 Å². The third-order valence-corrected chi connectivity index (χ3v) is 8.04. The van der Waals surface area contributed by atoms with E-state index in [1.807, 2.05) is 57.1 Å². The number of halogens is 1. The first-order valence-corrected chi connectivity index (χ1v) is 13.4. The molecule has 204 valence electrons. The predicted molar refractivity (Wildman–Crippen MR) is 142 cm³/mol. The number of anilines is 1. The van der Waals surface area contributed by atoms with Gasteiger partial charge in [0.1, 0.15) is 17.5 Å². The Morgan fingerprint density at radius 2 is 2.08 bits per heavy atom. The Morgan fingerprint density at radius 1 is 1.26 bits per heavy atom. The summed E-state index contributed by atoms with van der Waals surface area (Å²) in [5.74, 6) is 0.600. The van der Waals surface area contributed by atoms with Crippen molar-refractivity contribution in [2.45, 2.75) is 69.9 Å². The maximum absolute atomic E-state index is 15.9. The van der Waals surface area contributed by atoms with Crippen molar-refractivity contribution in [3.63, 3.8) is 0 Å². The fourth-order valence-corrected chi connectivity index (χ4v) is 6.12. The Bertz CT molecular complexity index is 1260. The lowest BCUT2D eigenvalue weighted by Gasteiger charge is -2.44. The van der Waals surface area contributed by atoms with Gasteiger partial charge in [0, 0.05) is 32.0 Å². The number of alkyl halides is 1. The van der Waals surface area contributed by atoms with E-state index in [2.05, 4.69) is 20.4 Å². The van der Waals surface area contributed by atoms with Crippen LogP contribution in [0.2, 0.25) is 0 Å². The average molecular weight is 545 g/mol. The minimum absolute atomic E-state index is 0.0637. The van der Waals surface area contributed by atoms with E-state index in [1.54, 1.807) is 18.2 Å². The quantitative estimate of drug-likeness (QED) is 0.419. The molecule has 2 saturated heterocycles. The number of H-pyrrole nitrogens is 1. The molecule has 2 fully saturated rings.